The number of ether oxygens (including phenoxy) is 2. The van der Waals surface area contributed by atoms with Crippen LogP contribution in [0.3, 0.4) is 0 Å². The average molecular weight is 222 g/mol. The van der Waals surface area contributed by atoms with E-state index in [1.807, 2.05) is 24.3 Å². The van der Waals surface area contributed by atoms with E-state index in [1.165, 1.54) is 0 Å². The Balaban J connectivity index is 2.07. The van der Waals surface area contributed by atoms with Crippen molar-refractivity contribution >= 4 is 0 Å². The molecule has 1 saturated heterocycles. The summed E-state index contributed by atoms with van der Waals surface area (Å²) >= 11 is 0. The summed E-state index contributed by atoms with van der Waals surface area (Å²) in [6.45, 7) is 3.29. The molecule has 16 heavy (non-hydrogen) atoms. The Hall–Kier alpha value is -1.06. The summed E-state index contributed by atoms with van der Waals surface area (Å²) in [5.41, 5.74) is 0.856. The van der Waals surface area contributed by atoms with Gasteiger partial charge in [-0.1, -0.05) is 18.2 Å². The first kappa shape index (κ1) is 11.4. The zero-order valence-electron chi connectivity index (χ0n) is 9.56. The van der Waals surface area contributed by atoms with E-state index < -0.39 is 6.10 Å². The third-order valence-corrected chi connectivity index (χ3v) is 2.83. The van der Waals surface area contributed by atoms with Crippen LogP contribution in [0.2, 0.25) is 0 Å². The molecule has 0 spiro atoms. The largest absolute Gasteiger partial charge is 0.490 e. The smallest absolute Gasteiger partial charge is 0.125 e. The predicted molar refractivity (Wildman–Crippen MR) is 61.5 cm³/mol. The van der Waals surface area contributed by atoms with E-state index in [-0.39, 0.29) is 6.10 Å². The third-order valence-electron chi connectivity index (χ3n) is 2.83. The van der Waals surface area contributed by atoms with E-state index in [0.717, 1.165) is 37.4 Å². The SMILES string of the molecule is C[C@@H](O)c1ccccc1OC1CCOCC1. The van der Waals surface area contributed by atoms with E-state index >= 15 is 0 Å². The van der Waals surface area contributed by atoms with Gasteiger partial charge in [0.2, 0.25) is 0 Å². The van der Waals surface area contributed by atoms with Crippen molar-refractivity contribution in [2.45, 2.75) is 32.0 Å². The van der Waals surface area contributed by atoms with Gasteiger partial charge in [-0.25, -0.2) is 0 Å². The second-order valence-corrected chi connectivity index (χ2v) is 4.14. The second kappa shape index (κ2) is 5.32. The van der Waals surface area contributed by atoms with Crippen LogP contribution >= 0.6 is 0 Å². The fraction of sp³-hybridized carbons (Fsp3) is 0.538. The molecule has 1 heterocycles. The molecule has 3 nitrogen and oxygen atoms in total. The van der Waals surface area contributed by atoms with Crippen LogP contribution in [0.5, 0.6) is 5.75 Å². The Kier molecular flexibility index (Phi) is 3.80. The summed E-state index contributed by atoms with van der Waals surface area (Å²) in [6.07, 6.45) is 1.58. The summed E-state index contributed by atoms with van der Waals surface area (Å²) in [4.78, 5) is 0. The molecule has 3 heteroatoms. The third kappa shape index (κ3) is 2.74. The molecule has 1 aromatic carbocycles. The Morgan fingerprint density at radius 3 is 2.69 bits per heavy atom. The van der Waals surface area contributed by atoms with Gasteiger partial charge in [-0.05, 0) is 13.0 Å². The zero-order valence-corrected chi connectivity index (χ0v) is 9.56. The van der Waals surface area contributed by atoms with Crippen molar-refractivity contribution in [3.63, 3.8) is 0 Å². The summed E-state index contributed by atoms with van der Waals surface area (Å²) in [5.74, 6) is 0.796. The van der Waals surface area contributed by atoms with Crippen LogP contribution in [0.4, 0.5) is 0 Å². The maximum Gasteiger partial charge on any atom is 0.125 e. The molecule has 1 aromatic rings. The van der Waals surface area contributed by atoms with Crippen LogP contribution in [-0.4, -0.2) is 24.4 Å². The molecule has 0 amide bonds. The lowest BCUT2D eigenvalue weighted by molar-refractivity contribution is 0.0242. The first-order valence-corrected chi connectivity index (χ1v) is 5.79. The van der Waals surface area contributed by atoms with Crippen molar-refractivity contribution in [3.8, 4) is 5.75 Å². The van der Waals surface area contributed by atoms with Crippen molar-refractivity contribution in [3.05, 3.63) is 29.8 Å². The van der Waals surface area contributed by atoms with Crippen LogP contribution < -0.4 is 4.74 Å². The molecule has 1 N–H and O–H groups in total. The van der Waals surface area contributed by atoms with Gasteiger partial charge in [0, 0.05) is 18.4 Å². The number of aliphatic hydroxyl groups excluding tert-OH is 1. The average Bonchev–Trinajstić information content (AvgIpc) is 2.31. The molecule has 0 aliphatic carbocycles. The van der Waals surface area contributed by atoms with Crippen LogP contribution in [0, 0.1) is 0 Å². The minimum absolute atomic E-state index is 0.216. The Labute approximate surface area is 96.0 Å². The number of aliphatic hydroxyl groups is 1. The molecular weight excluding hydrogens is 204 g/mol. The quantitative estimate of drug-likeness (QED) is 0.852. The summed E-state index contributed by atoms with van der Waals surface area (Å²) < 4.78 is 11.2. The van der Waals surface area contributed by atoms with Crippen molar-refractivity contribution in [2.75, 3.05) is 13.2 Å². The first-order valence-electron chi connectivity index (χ1n) is 5.79. The van der Waals surface area contributed by atoms with Crippen LogP contribution in [0.1, 0.15) is 31.4 Å². The molecular formula is C13H18O3. The van der Waals surface area contributed by atoms with Gasteiger partial charge in [0.1, 0.15) is 11.9 Å². The van der Waals surface area contributed by atoms with E-state index in [1.54, 1.807) is 6.92 Å². The van der Waals surface area contributed by atoms with Crippen LogP contribution in [0.25, 0.3) is 0 Å². The number of para-hydroxylation sites is 1. The highest BCUT2D eigenvalue weighted by atomic mass is 16.5. The Morgan fingerprint density at radius 2 is 2.00 bits per heavy atom. The molecule has 1 atom stereocenters. The highest BCUT2D eigenvalue weighted by molar-refractivity contribution is 5.34. The minimum atomic E-state index is -0.490. The predicted octanol–water partition coefficient (Wildman–Crippen LogP) is 2.30. The van der Waals surface area contributed by atoms with Crippen LogP contribution in [-0.2, 0) is 4.74 Å². The van der Waals surface area contributed by atoms with E-state index in [2.05, 4.69) is 0 Å². The standard InChI is InChI=1S/C13H18O3/c1-10(14)12-4-2-3-5-13(12)16-11-6-8-15-9-7-11/h2-5,10-11,14H,6-9H2,1H3/t10-/m1/s1. The minimum Gasteiger partial charge on any atom is -0.490 e. The van der Waals surface area contributed by atoms with Crippen LogP contribution in [0.15, 0.2) is 24.3 Å². The number of benzene rings is 1. The fourth-order valence-corrected chi connectivity index (χ4v) is 1.91. The van der Waals surface area contributed by atoms with Crippen molar-refractivity contribution in [2.24, 2.45) is 0 Å². The summed E-state index contributed by atoms with van der Waals surface area (Å²) in [7, 11) is 0. The Morgan fingerprint density at radius 1 is 1.31 bits per heavy atom. The Bertz CT molecular complexity index is 330. The first-order chi connectivity index (χ1) is 7.77. The molecule has 1 fully saturated rings. The lowest BCUT2D eigenvalue weighted by atomic mass is 10.1. The second-order valence-electron chi connectivity index (χ2n) is 4.14. The molecule has 1 aliphatic rings. The monoisotopic (exact) mass is 222 g/mol. The van der Waals surface area contributed by atoms with Gasteiger partial charge in [-0.2, -0.15) is 0 Å². The lowest BCUT2D eigenvalue weighted by Gasteiger charge is -2.25. The molecule has 0 unspecified atom stereocenters. The van der Waals surface area contributed by atoms with Crippen molar-refractivity contribution in [1.29, 1.82) is 0 Å². The highest BCUT2D eigenvalue weighted by Gasteiger charge is 2.17. The molecule has 88 valence electrons. The highest BCUT2D eigenvalue weighted by Crippen LogP contribution is 2.27. The molecule has 2 rings (SSSR count). The molecule has 0 radical (unpaired) electrons. The van der Waals surface area contributed by atoms with Gasteiger partial charge < -0.3 is 14.6 Å². The summed E-state index contributed by atoms with van der Waals surface area (Å²) in [5, 5.41) is 9.63. The molecule has 0 saturated carbocycles. The zero-order chi connectivity index (χ0) is 11.4. The maximum absolute atomic E-state index is 9.63. The molecule has 1 aliphatic heterocycles. The number of rotatable bonds is 3. The normalized spacial score (nSPS) is 19.4. The topological polar surface area (TPSA) is 38.7 Å². The van der Waals surface area contributed by atoms with Crippen molar-refractivity contribution < 1.29 is 14.6 Å². The van der Waals surface area contributed by atoms with Gasteiger partial charge in [0.05, 0.1) is 19.3 Å². The van der Waals surface area contributed by atoms with Gasteiger partial charge in [0.15, 0.2) is 0 Å². The number of hydrogen-bond acceptors (Lipinski definition) is 3. The maximum atomic E-state index is 9.63. The fourth-order valence-electron chi connectivity index (χ4n) is 1.91. The molecule has 0 aromatic heterocycles. The van der Waals surface area contributed by atoms with Gasteiger partial charge in [0.25, 0.3) is 0 Å². The van der Waals surface area contributed by atoms with E-state index in [0.29, 0.717) is 0 Å². The summed E-state index contributed by atoms with van der Waals surface area (Å²) in [6, 6.07) is 7.66. The number of hydrogen-bond donors (Lipinski definition) is 1. The van der Waals surface area contributed by atoms with Gasteiger partial charge >= 0.3 is 0 Å². The molecule has 0 bridgehead atoms. The van der Waals surface area contributed by atoms with Crippen molar-refractivity contribution in [1.82, 2.24) is 0 Å². The van der Waals surface area contributed by atoms with E-state index in [9.17, 15) is 5.11 Å². The van der Waals surface area contributed by atoms with Gasteiger partial charge in [-0.3, -0.25) is 0 Å². The van der Waals surface area contributed by atoms with E-state index in [4.69, 9.17) is 9.47 Å². The van der Waals surface area contributed by atoms with Gasteiger partial charge in [-0.15, -0.1) is 0 Å². The lowest BCUT2D eigenvalue weighted by Crippen LogP contribution is -2.26.